The van der Waals surface area contributed by atoms with Crippen LogP contribution >= 0.6 is 11.3 Å². The molecule has 0 aliphatic heterocycles. The van der Waals surface area contributed by atoms with Gasteiger partial charge >= 0.3 is 0 Å². The van der Waals surface area contributed by atoms with Crippen molar-refractivity contribution in [3.63, 3.8) is 0 Å². The number of benzene rings is 11. The summed E-state index contributed by atoms with van der Waals surface area (Å²) in [7, 11) is 0. The van der Waals surface area contributed by atoms with Crippen molar-refractivity contribution in [2.24, 2.45) is 0 Å². The molecule has 13 aromatic rings. The van der Waals surface area contributed by atoms with E-state index in [0.29, 0.717) is 0 Å². The number of fused-ring (bicyclic) bond motifs is 15. The first-order valence-corrected chi connectivity index (χ1v) is 22.7. The van der Waals surface area contributed by atoms with Crippen LogP contribution in [0, 0.1) is 0 Å². The Morgan fingerprint density at radius 1 is 0.365 bits per heavy atom. The highest BCUT2D eigenvalue weighted by molar-refractivity contribution is 7.26. The van der Waals surface area contributed by atoms with Crippen molar-refractivity contribution in [3.05, 3.63) is 205 Å². The fourth-order valence-corrected chi connectivity index (χ4v) is 12.5. The third kappa shape index (κ3) is 4.87. The Bertz CT molecular complexity index is 4060. The zero-order chi connectivity index (χ0) is 41.6. The van der Waals surface area contributed by atoms with E-state index in [2.05, 4.69) is 202 Å². The van der Waals surface area contributed by atoms with E-state index in [0.717, 1.165) is 11.2 Å². The molecule has 0 atom stereocenters. The predicted octanol–water partition coefficient (Wildman–Crippen LogP) is 17.9. The monoisotopic (exact) mass is 818 g/mol. The lowest BCUT2D eigenvalue weighted by Crippen LogP contribution is -2.15. The minimum atomic E-state index is -0.189. The second-order valence-electron chi connectivity index (χ2n) is 17.9. The van der Waals surface area contributed by atoms with Gasteiger partial charge in [-0.3, -0.25) is 0 Å². The molecule has 1 aliphatic rings. The van der Waals surface area contributed by atoms with E-state index >= 15 is 0 Å². The molecule has 1 aliphatic carbocycles. The molecule has 0 fully saturated rings. The zero-order valence-electron chi connectivity index (χ0n) is 34.8. The molecule has 0 spiro atoms. The van der Waals surface area contributed by atoms with Crippen LogP contribution in [0.3, 0.4) is 0 Å². The topological polar surface area (TPSA) is 13.1 Å². The van der Waals surface area contributed by atoms with Gasteiger partial charge in [-0.05, 0) is 130 Å². The molecule has 2 heterocycles. The first-order chi connectivity index (χ1) is 31.0. The standard InChI is InChI=1S/C61H38OS/c1-61(2)53-33-37(36-24-31-56-52(32-36)51-30-28-49-50(60(51)63-56)29-27-48-42-15-9-10-21-55(42)62-59(48)49)22-25-40(53)41-26-23-38(34-54(41)61)57-44-16-5-7-18-46(44)58(47-19-8-6-17-45(47)57)43-20-11-13-35-12-3-4-14-39(35)43/h3-34H,1-2H3. The van der Waals surface area contributed by atoms with Crippen molar-refractivity contribution in [2.75, 3.05) is 0 Å². The summed E-state index contributed by atoms with van der Waals surface area (Å²) in [6.07, 6.45) is 0. The maximum atomic E-state index is 6.44. The third-order valence-electron chi connectivity index (χ3n) is 14.3. The Balaban J connectivity index is 0.884. The van der Waals surface area contributed by atoms with E-state index in [1.807, 2.05) is 17.4 Å². The average molecular weight is 819 g/mol. The van der Waals surface area contributed by atoms with Crippen LogP contribution in [-0.2, 0) is 5.41 Å². The summed E-state index contributed by atoms with van der Waals surface area (Å²) in [5.41, 5.74) is 14.8. The van der Waals surface area contributed by atoms with Crippen molar-refractivity contribution in [3.8, 4) is 44.5 Å². The van der Waals surface area contributed by atoms with Crippen molar-refractivity contribution in [1.29, 1.82) is 0 Å². The molecule has 2 aromatic heterocycles. The number of furan rings is 1. The highest BCUT2D eigenvalue weighted by atomic mass is 32.1. The molecule has 0 saturated heterocycles. The first-order valence-electron chi connectivity index (χ1n) is 21.9. The van der Waals surface area contributed by atoms with Gasteiger partial charge in [-0.25, -0.2) is 0 Å². The van der Waals surface area contributed by atoms with Gasteiger partial charge in [0.15, 0.2) is 0 Å². The molecule has 0 saturated carbocycles. The van der Waals surface area contributed by atoms with Crippen LogP contribution in [0.25, 0.3) is 130 Å². The molecule has 11 aromatic carbocycles. The molecule has 0 N–H and O–H groups in total. The summed E-state index contributed by atoms with van der Waals surface area (Å²) >= 11 is 1.88. The van der Waals surface area contributed by atoms with Gasteiger partial charge in [0.2, 0.25) is 0 Å². The number of thiophene rings is 1. The lowest BCUT2D eigenvalue weighted by molar-refractivity contribution is 0.661. The number of hydrogen-bond donors (Lipinski definition) is 0. The Morgan fingerprint density at radius 2 is 0.889 bits per heavy atom. The Hall–Kier alpha value is -7.52. The van der Waals surface area contributed by atoms with Gasteiger partial charge in [0.25, 0.3) is 0 Å². The smallest absolute Gasteiger partial charge is 0.143 e. The van der Waals surface area contributed by atoms with Gasteiger partial charge in [-0.1, -0.05) is 166 Å². The van der Waals surface area contributed by atoms with Crippen LogP contribution in [0.4, 0.5) is 0 Å². The highest BCUT2D eigenvalue weighted by Gasteiger charge is 2.36. The second-order valence-corrected chi connectivity index (χ2v) is 19.0. The lowest BCUT2D eigenvalue weighted by Gasteiger charge is -2.23. The fourth-order valence-electron chi connectivity index (χ4n) is 11.2. The van der Waals surface area contributed by atoms with E-state index in [-0.39, 0.29) is 5.41 Å². The molecule has 63 heavy (non-hydrogen) atoms. The molecular weight excluding hydrogens is 781 g/mol. The van der Waals surface area contributed by atoms with Gasteiger partial charge in [0, 0.05) is 47.1 Å². The summed E-state index contributed by atoms with van der Waals surface area (Å²) in [5.74, 6) is 0. The summed E-state index contributed by atoms with van der Waals surface area (Å²) < 4.78 is 9.06. The van der Waals surface area contributed by atoms with Gasteiger partial charge in [0.05, 0.1) is 0 Å². The van der Waals surface area contributed by atoms with Crippen molar-refractivity contribution in [1.82, 2.24) is 0 Å². The Labute approximate surface area is 368 Å². The van der Waals surface area contributed by atoms with Crippen LogP contribution in [0.1, 0.15) is 25.0 Å². The van der Waals surface area contributed by atoms with E-state index in [4.69, 9.17) is 4.42 Å². The highest BCUT2D eigenvalue weighted by Crippen LogP contribution is 2.53. The van der Waals surface area contributed by atoms with E-state index < -0.39 is 0 Å². The van der Waals surface area contributed by atoms with Crippen molar-refractivity contribution in [2.45, 2.75) is 19.3 Å². The molecule has 2 heteroatoms. The molecule has 0 unspecified atom stereocenters. The number of para-hydroxylation sites is 1. The number of rotatable bonds is 3. The molecule has 0 amide bonds. The Morgan fingerprint density at radius 3 is 1.62 bits per heavy atom. The van der Waals surface area contributed by atoms with E-state index in [9.17, 15) is 0 Å². The van der Waals surface area contributed by atoms with Crippen LogP contribution in [0.2, 0.25) is 0 Å². The normalized spacial score (nSPS) is 13.4. The van der Waals surface area contributed by atoms with Gasteiger partial charge in [-0.2, -0.15) is 0 Å². The van der Waals surface area contributed by atoms with Crippen molar-refractivity contribution >= 4 is 96.5 Å². The van der Waals surface area contributed by atoms with E-state index in [1.54, 1.807) is 0 Å². The summed E-state index contributed by atoms with van der Waals surface area (Å²) in [6.45, 7) is 4.81. The van der Waals surface area contributed by atoms with Crippen LogP contribution in [-0.4, -0.2) is 0 Å². The van der Waals surface area contributed by atoms with E-state index in [1.165, 1.54) is 130 Å². The summed E-state index contributed by atoms with van der Waals surface area (Å²) in [6, 6.07) is 72.4. The maximum absolute atomic E-state index is 6.44. The number of hydrogen-bond acceptors (Lipinski definition) is 2. The minimum absolute atomic E-state index is 0.189. The minimum Gasteiger partial charge on any atom is -0.455 e. The largest absolute Gasteiger partial charge is 0.455 e. The molecule has 0 radical (unpaired) electrons. The molecule has 14 rings (SSSR count). The lowest BCUT2D eigenvalue weighted by atomic mass is 9.80. The quantitative estimate of drug-likeness (QED) is 0.162. The average Bonchev–Trinajstić information content (AvgIpc) is 3.98. The van der Waals surface area contributed by atoms with Gasteiger partial charge in [-0.15, -0.1) is 11.3 Å². The maximum Gasteiger partial charge on any atom is 0.143 e. The molecular formula is C61H38OS. The zero-order valence-corrected chi connectivity index (χ0v) is 35.6. The third-order valence-corrected chi connectivity index (χ3v) is 15.5. The van der Waals surface area contributed by atoms with Gasteiger partial charge in [0.1, 0.15) is 11.2 Å². The summed E-state index contributed by atoms with van der Waals surface area (Å²) in [4.78, 5) is 0. The molecule has 294 valence electrons. The second kappa shape index (κ2) is 12.8. The molecule has 1 nitrogen and oxygen atoms in total. The van der Waals surface area contributed by atoms with Crippen LogP contribution < -0.4 is 0 Å². The van der Waals surface area contributed by atoms with Gasteiger partial charge < -0.3 is 4.42 Å². The SMILES string of the molecule is CC1(C)c2cc(-c3ccc4sc5c(ccc6c5ccc5c7ccccc7oc56)c4c3)ccc2-c2ccc(-c3c4ccccc4c(-c4cccc5ccccc45)c4ccccc34)cc21. The first kappa shape index (κ1) is 35.1. The Kier molecular flexibility index (Phi) is 7.12. The van der Waals surface area contributed by atoms with Crippen LogP contribution in [0.5, 0.6) is 0 Å². The van der Waals surface area contributed by atoms with Crippen LogP contribution in [0.15, 0.2) is 199 Å². The summed E-state index contributed by atoms with van der Waals surface area (Å²) in [5, 5.41) is 15.0. The predicted molar refractivity (Wildman–Crippen MR) is 271 cm³/mol. The fraction of sp³-hybridized carbons (Fsp3) is 0.0492. The molecule has 0 bridgehead atoms. The van der Waals surface area contributed by atoms with Crippen molar-refractivity contribution < 1.29 is 4.42 Å².